The molecular formula is C29H27BClFN2O6S. The number of amides is 1. The van der Waals surface area contributed by atoms with E-state index < -0.39 is 35.0 Å². The van der Waals surface area contributed by atoms with Crippen LogP contribution in [0.15, 0.2) is 59.0 Å². The van der Waals surface area contributed by atoms with Crippen molar-refractivity contribution in [2.75, 3.05) is 12.8 Å². The minimum Gasteiger partial charge on any atom is -0.455 e. The van der Waals surface area contributed by atoms with Gasteiger partial charge >= 0.3 is 7.12 Å². The van der Waals surface area contributed by atoms with Crippen molar-refractivity contribution in [2.45, 2.75) is 37.8 Å². The molecular weight excluding hydrogens is 570 g/mol. The summed E-state index contributed by atoms with van der Waals surface area (Å²) in [5.41, 5.74) is 9.84. The molecule has 0 spiro atoms. The van der Waals surface area contributed by atoms with E-state index >= 15 is 0 Å². The molecule has 0 saturated heterocycles. The zero-order valence-electron chi connectivity index (χ0n) is 22.1. The predicted molar refractivity (Wildman–Crippen MR) is 155 cm³/mol. The summed E-state index contributed by atoms with van der Waals surface area (Å²) in [6, 6.07) is 14.6. The molecule has 1 aliphatic carbocycles. The number of fused-ring (bicyclic) bond motifs is 2. The summed E-state index contributed by atoms with van der Waals surface area (Å²) in [4.78, 5) is 12.6. The highest BCUT2D eigenvalue weighted by Crippen LogP contribution is 2.45. The Morgan fingerprint density at radius 3 is 2.54 bits per heavy atom. The molecule has 212 valence electrons. The van der Waals surface area contributed by atoms with E-state index in [0.717, 1.165) is 30.2 Å². The minimum absolute atomic E-state index is 0.0784. The van der Waals surface area contributed by atoms with Crippen LogP contribution >= 0.6 is 11.6 Å². The first-order chi connectivity index (χ1) is 19.5. The Morgan fingerprint density at radius 2 is 1.88 bits per heavy atom. The number of hydrogen-bond acceptors (Lipinski definition) is 6. The lowest BCUT2D eigenvalue weighted by molar-refractivity contribution is 0.100. The van der Waals surface area contributed by atoms with Gasteiger partial charge in [0.05, 0.1) is 17.9 Å². The van der Waals surface area contributed by atoms with Gasteiger partial charge in [-0.3, -0.25) is 4.79 Å². The molecule has 3 aromatic carbocycles. The highest BCUT2D eigenvalue weighted by molar-refractivity contribution is 7.88. The van der Waals surface area contributed by atoms with Crippen molar-refractivity contribution in [3.05, 3.63) is 87.7 Å². The fourth-order valence-electron chi connectivity index (χ4n) is 5.55. The Hall–Kier alpha value is -3.22. The third-order valence-electron chi connectivity index (χ3n) is 7.73. The van der Waals surface area contributed by atoms with E-state index in [4.69, 9.17) is 26.4 Å². The molecule has 1 fully saturated rings. The van der Waals surface area contributed by atoms with E-state index in [2.05, 4.69) is 0 Å². The second-order valence-electron chi connectivity index (χ2n) is 10.6. The van der Waals surface area contributed by atoms with Crippen molar-refractivity contribution in [1.82, 2.24) is 4.31 Å². The molecule has 1 aliphatic heterocycles. The van der Waals surface area contributed by atoms with Crippen molar-refractivity contribution in [3.8, 4) is 11.3 Å². The van der Waals surface area contributed by atoms with Crippen LogP contribution in [0.3, 0.4) is 0 Å². The topological polar surface area (TPSA) is 123 Å². The van der Waals surface area contributed by atoms with Crippen molar-refractivity contribution in [3.63, 3.8) is 0 Å². The first-order valence-electron chi connectivity index (χ1n) is 13.2. The minimum atomic E-state index is -3.65. The SMILES string of the molecule is CS(=O)(=O)N(CCC1OB(O)c2cc(F)ccc21)Cc1cc2oc(-c3ccc(Cl)cc3)c(C(N)=O)c2cc1C1CC1. The maximum absolute atomic E-state index is 13.7. The van der Waals surface area contributed by atoms with E-state index in [0.29, 0.717) is 38.3 Å². The van der Waals surface area contributed by atoms with Gasteiger partial charge in [-0.2, -0.15) is 4.31 Å². The monoisotopic (exact) mass is 596 g/mol. The van der Waals surface area contributed by atoms with Crippen LogP contribution in [0, 0.1) is 5.82 Å². The third kappa shape index (κ3) is 5.52. The Bertz CT molecular complexity index is 1770. The van der Waals surface area contributed by atoms with E-state index in [1.54, 1.807) is 36.4 Å². The number of halogens is 2. The lowest BCUT2D eigenvalue weighted by atomic mass is 9.79. The molecule has 1 atom stereocenters. The molecule has 1 amide bonds. The average Bonchev–Trinajstić information content (AvgIpc) is 3.62. The summed E-state index contributed by atoms with van der Waals surface area (Å²) in [6.07, 6.45) is 2.72. The molecule has 6 rings (SSSR count). The van der Waals surface area contributed by atoms with E-state index in [1.807, 2.05) is 6.07 Å². The molecule has 0 radical (unpaired) electrons. The summed E-state index contributed by atoms with van der Waals surface area (Å²) in [6.45, 7) is 0.185. The van der Waals surface area contributed by atoms with Gasteiger partial charge in [0.1, 0.15) is 17.2 Å². The van der Waals surface area contributed by atoms with Crippen LogP contribution in [0.1, 0.15) is 58.3 Å². The van der Waals surface area contributed by atoms with Gasteiger partial charge in [0.2, 0.25) is 10.0 Å². The Kier molecular flexibility index (Phi) is 7.19. The molecule has 1 saturated carbocycles. The summed E-state index contributed by atoms with van der Waals surface area (Å²) < 4.78 is 52.6. The molecule has 8 nitrogen and oxygen atoms in total. The van der Waals surface area contributed by atoms with Crippen LogP contribution in [0.5, 0.6) is 0 Å². The summed E-state index contributed by atoms with van der Waals surface area (Å²) in [5.74, 6) is -0.542. The Morgan fingerprint density at radius 1 is 1.15 bits per heavy atom. The van der Waals surface area contributed by atoms with Crippen molar-refractivity contribution in [1.29, 1.82) is 0 Å². The maximum atomic E-state index is 13.7. The van der Waals surface area contributed by atoms with Crippen LogP contribution in [0.2, 0.25) is 5.02 Å². The molecule has 3 N–H and O–H groups in total. The average molecular weight is 597 g/mol. The number of carbonyl (C=O) groups excluding carboxylic acids is 1. The number of rotatable bonds is 9. The van der Waals surface area contributed by atoms with Gasteiger partial charge in [-0.05, 0) is 95.9 Å². The number of nitrogens with zero attached hydrogens (tertiary/aromatic N) is 1. The molecule has 1 aromatic heterocycles. The zero-order chi connectivity index (χ0) is 29.1. The number of carbonyl (C=O) groups is 1. The molecule has 0 bridgehead atoms. The van der Waals surface area contributed by atoms with Gasteiger partial charge in [-0.1, -0.05) is 17.7 Å². The molecule has 41 heavy (non-hydrogen) atoms. The number of benzene rings is 3. The second kappa shape index (κ2) is 10.6. The molecule has 4 aromatic rings. The Labute approximate surface area is 242 Å². The van der Waals surface area contributed by atoms with E-state index in [1.165, 1.54) is 16.4 Å². The first kappa shape index (κ1) is 27.9. The Balaban J connectivity index is 1.34. The van der Waals surface area contributed by atoms with Gasteiger partial charge in [0.25, 0.3) is 5.91 Å². The smallest absolute Gasteiger partial charge is 0.455 e. The largest absolute Gasteiger partial charge is 0.492 e. The highest BCUT2D eigenvalue weighted by atomic mass is 35.5. The summed E-state index contributed by atoms with van der Waals surface area (Å²) in [5, 5.41) is 11.3. The lowest BCUT2D eigenvalue weighted by Crippen LogP contribution is -2.32. The van der Waals surface area contributed by atoms with Crippen LogP contribution < -0.4 is 11.2 Å². The van der Waals surface area contributed by atoms with Crippen molar-refractivity contribution in [2.24, 2.45) is 5.73 Å². The third-order valence-corrected chi connectivity index (χ3v) is 9.23. The molecule has 12 heteroatoms. The fourth-order valence-corrected chi connectivity index (χ4v) is 6.49. The summed E-state index contributed by atoms with van der Waals surface area (Å²) in [7, 11) is -4.92. The van der Waals surface area contributed by atoms with Crippen LogP contribution in [0.4, 0.5) is 4.39 Å². The van der Waals surface area contributed by atoms with Gasteiger partial charge in [-0.15, -0.1) is 0 Å². The molecule has 2 heterocycles. The highest BCUT2D eigenvalue weighted by Gasteiger charge is 2.36. The quantitative estimate of drug-likeness (QED) is 0.275. The van der Waals surface area contributed by atoms with Crippen LogP contribution in [-0.2, 0) is 21.2 Å². The zero-order valence-corrected chi connectivity index (χ0v) is 23.7. The standard InChI is InChI=1S/C29H27BClFN2O6S/c1-41(37,38)34(11-10-25-21-9-8-20(32)13-24(21)30(36)40-25)15-18-12-26-23(14-22(18)16-2-3-16)27(29(33)35)28(39-26)17-4-6-19(31)7-5-17/h4-9,12-14,16,25,36H,2-3,10-11,15H2,1H3,(H2,33,35). The van der Waals surface area contributed by atoms with E-state index in [-0.39, 0.29) is 31.0 Å². The molecule has 1 unspecified atom stereocenters. The predicted octanol–water partition coefficient (Wildman–Crippen LogP) is 4.48. The van der Waals surface area contributed by atoms with E-state index in [9.17, 15) is 22.6 Å². The summed E-state index contributed by atoms with van der Waals surface area (Å²) >= 11 is 6.04. The van der Waals surface area contributed by atoms with Gasteiger partial charge in [0, 0.05) is 29.1 Å². The maximum Gasteiger partial charge on any atom is 0.492 e. The van der Waals surface area contributed by atoms with Crippen molar-refractivity contribution < 1.29 is 31.7 Å². The number of sulfonamides is 1. The van der Waals surface area contributed by atoms with Gasteiger partial charge < -0.3 is 19.8 Å². The van der Waals surface area contributed by atoms with Gasteiger partial charge in [0.15, 0.2) is 0 Å². The number of hydrogen-bond donors (Lipinski definition) is 2. The molecule has 2 aliphatic rings. The normalized spacial score (nSPS) is 17.0. The van der Waals surface area contributed by atoms with Crippen molar-refractivity contribution >= 4 is 51.1 Å². The number of furan rings is 1. The number of nitrogens with two attached hydrogens (primary N) is 1. The van der Waals surface area contributed by atoms with Crippen LogP contribution in [0.25, 0.3) is 22.3 Å². The van der Waals surface area contributed by atoms with Gasteiger partial charge in [-0.25, -0.2) is 12.8 Å². The van der Waals surface area contributed by atoms with Crippen LogP contribution in [-0.4, -0.2) is 43.6 Å². The fraction of sp³-hybridized carbons (Fsp3) is 0.276. The number of primary amides is 1. The second-order valence-corrected chi connectivity index (χ2v) is 13.1. The first-order valence-corrected chi connectivity index (χ1v) is 15.4. The lowest BCUT2D eigenvalue weighted by Gasteiger charge is -2.23.